The van der Waals surface area contributed by atoms with Gasteiger partial charge in [-0.15, -0.1) is 0 Å². The Balaban J connectivity index is 3.34. The van der Waals surface area contributed by atoms with Crippen molar-refractivity contribution in [2.24, 2.45) is 0 Å². The molecule has 74 valence electrons. The molecule has 0 heterocycles. The summed E-state index contributed by atoms with van der Waals surface area (Å²) < 4.78 is 10.8. The molecule has 0 aliphatic rings. The molecule has 0 rings (SSSR count). The third-order valence-electron chi connectivity index (χ3n) is 1.49. The summed E-state index contributed by atoms with van der Waals surface area (Å²) in [6.07, 6.45) is 4.33. The number of ether oxygens (including phenoxy) is 2. The summed E-state index contributed by atoms with van der Waals surface area (Å²) in [6.45, 7) is 5.48. The number of rotatable bonds is 8. The van der Waals surface area contributed by atoms with Crippen molar-refractivity contribution in [2.45, 2.75) is 33.0 Å². The first kappa shape index (κ1) is 12.3. The van der Waals surface area contributed by atoms with Gasteiger partial charge in [0.15, 0.2) is 6.29 Å². The highest BCUT2D eigenvalue weighted by atomic mass is 32.2. The van der Waals surface area contributed by atoms with E-state index in [-0.39, 0.29) is 6.29 Å². The molecule has 2 nitrogen and oxygen atoms in total. The summed E-state index contributed by atoms with van der Waals surface area (Å²) in [5.74, 6) is 1.19. The molecule has 12 heavy (non-hydrogen) atoms. The van der Waals surface area contributed by atoms with Gasteiger partial charge in [0.1, 0.15) is 0 Å². The topological polar surface area (TPSA) is 18.5 Å². The van der Waals surface area contributed by atoms with Crippen molar-refractivity contribution in [1.82, 2.24) is 0 Å². The molecule has 0 aromatic heterocycles. The zero-order chi connectivity index (χ0) is 9.23. The van der Waals surface area contributed by atoms with Crippen LogP contribution in [0.25, 0.3) is 0 Å². The van der Waals surface area contributed by atoms with Gasteiger partial charge < -0.3 is 9.47 Å². The van der Waals surface area contributed by atoms with Crippen LogP contribution in [0.4, 0.5) is 0 Å². The smallest absolute Gasteiger partial charge is 0.157 e. The van der Waals surface area contributed by atoms with E-state index in [1.165, 1.54) is 12.2 Å². The average Bonchev–Trinajstić information content (AvgIpc) is 2.06. The minimum atomic E-state index is 0.0205. The molecule has 0 aliphatic carbocycles. The van der Waals surface area contributed by atoms with Crippen molar-refractivity contribution in [3.8, 4) is 0 Å². The Kier molecular flexibility index (Phi) is 9.57. The monoisotopic (exact) mass is 192 g/mol. The summed E-state index contributed by atoms with van der Waals surface area (Å²) in [5, 5.41) is 0. The predicted molar refractivity (Wildman–Crippen MR) is 54.7 cm³/mol. The Hall–Kier alpha value is 0.270. The molecule has 0 unspecified atom stereocenters. The molecule has 0 bridgehead atoms. The first-order chi connectivity index (χ1) is 5.85. The summed E-state index contributed by atoms with van der Waals surface area (Å²) in [5.41, 5.74) is 0. The van der Waals surface area contributed by atoms with Crippen LogP contribution < -0.4 is 0 Å². The molecule has 3 heteroatoms. The maximum Gasteiger partial charge on any atom is 0.157 e. The number of hydrogen-bond donors (Lipinski definition) is 0. The molecule has 0 aromatic carbocycles. The first-order valence-electron chi connectivity index (χ1n) is 4.57. The molecule has 0 spiro atoms. The van der Waals surface area contributed by atoms with Crippen LogP contribution in [0.3, 0.4) is 0 Å². The third kappa shape index (κ3) is 6.95. The second kappa shape index (κ2) is 9.36. The zero-order valence-electron chi connectivity index (χ0n) is 8.34. The average molecular weight is 192 g/mol. The van der Waals surface area contributed by atoms with Gasteiger partial charge in [0.05, 0.1) is 0 Å². The molecule has 0 amide bonds. The minimum Gasteiger partial charge on any atom is -0.353 e. The van der Waals surface area contributed by atoms with E-state index < -0.39 is 0 Å². The Morgan fingerprint density at radius 2 is 1.75 bits per heavy atom. The summed E-state index contributed by atoms with van der Waals surface area (Å²) in [4.78, 5) is 0. The van der Waals surface area contributed by atoms with Crippen LogP contribution in [0, 0.1) is 0 Å². The van der Waals surface area contributed by atoms with Gasteiger partial charge >= 0.3 is 0 Å². The molecule has 0 aromatic rings. The lowest BCUT2D eigenvalue weighted by Crippen LogP contribution is -2.17. The van der Waals surface area contributed by atoms with Crippen molar-refractivity contribution >= 4 is 11.8 Å². The van der Waals surface area contributed by atoms with Gasteiger partial charge in [-0.3, -0.25) is 0 Å². The minimum absolute atomic E-state index is 0.0205. The van der Waals surface area contributed by atoms with Gasteiger partial charge in [-0.25, -0.2) is 0 Å². The van der Waals surface area contributed by atoms with Crippen LogP contribution >= 0.6 is 11.8 Å². The van der Waals surface area contributed by atoms with Gasteiger partial charge in [0.25, 0.3) is 0 Å². The predicted octanol–water partition coefficient (Wildman–Crippen LogP) is 2.53. The molecule has 0 atom stereocenters. The third-order valence-corrected chi connectivity index (χ3v) is 2.19. The highest BCUT2D eigenvalue weighted by molar-refractivity contribution is 7.98. The van der Waals surface area contributed by atoms with Crippen molar-refractivity contribution in [1.29, 1.82) is 0 Å². The lowest BCUT2D eigenvalue weighted by atomic mass is 10.3. The van der Waals surface area contributed by atoms with E-state index in [0.29, 0.717) is 0 Å². The second-order valence-electron chi connectivity index (χ2n) is 2.48. The van der Waals surface area contributed by atoms with E-state index in [0.717, 1.165) is 19.6 Å². The van der Waals surface area contributed by atoms with E-state index in [9.17, 15) is 0 Å². The van der Waals surface area contributed by atoms with Crippen molar-refractivity contribution < 1.29 is 9.47 Å². The van der Waals surface area contributed by atoms with Crippen LogP contribution in [0.5, 0.6) is 0 Å². The molecule has 0 fully saturated rings. The van der Waals surface area contributed by atoms with Crippen LogP contribution in [-0.4, -0.2) is 31.5 Å². The fourth-order valence-electron chi connectivity index (χ4n) is 0.981. The number of hydrogen-bond acceptors (Lipinski definition) is 3. The Bertz CT molecular complexity index is 82.6. The van der Waals surface area contributed by atoms with Crippen molar-refractivity contribution in [3.05, 3.63) is 0 Å². The Morgan fingerprint density at radius 3 is 2.17 bits per heavy atom. The summed E-state index contributed by atoms with van der Waals surface area (Å²) in [6, 6.07) is 0. The second-order valence-corrected chi connectivity index (χ2v) is 3.46. The molecule has 0 aliphatic heterocycles. The maximum absolute atomic E-state index is 5.40. The highest BCUT2D eigenvalue weighted by Crippen LogP contribution is 2.07. The molecule has 0 radical (unpaired) electrons. The van der Waals surface area contributed by atoms with Gasteiger partial charge in [-0.05, 0) is 38.7 Å². The molecular formula is C9H20O2S. The molecule has 0 saturated heterocycles. The molecule has 0 N–H and O–H groups in total. The van der Waals surface area contributed by atoms with Gasteiger partial charge in [0, 0.05) is 13.2 Å². The lowest BCUT2D eigenvalue weighted by Gasteiger charge is -2.16. The van der Waals surface area contributed by atoms with Gasteiger partial charge in [-0.2, -0.15) is 11.8 Å². The van der Waals surface area contributed by atoms with Crippen LogP contribution in [-0.2, 0) is 9.47 Å². The zero-order valence-corrected chi connectivity index (χ0v) is 9.15. The van der Waals surface area contributed by atoms with Crippen molar-refractivity contribution in [3.63, 3.8) is 0 Å². The molecule has 0 saturated carbocycles. The largest absolute Gasteiger partial charge is 0.353 e. The highest BCUT2D eigenvalue weighted by Gasteiger charge is 2.05. The van der Waals surface area contributed by atoms with Crippen LogP contribution in [0.1, 0.15) is 26.7 Å². The summed E-state index contributed by atoms with van der Waals surface area (Å²) >= 11 is 1.87. The van der Waals surface area contributed by atoms with Crippen LogP contribution in [0.2, 0.25) is 0 Å². The van der Waals surface area contributed by atoms with Gasteiger partial charge in [-0.1, -0.05) is 0 Å². The summed E-state index contributed by atoms with van der Waals surface area (Å²) in [7, 11) is 0. The van der Waals surface area contributed by atoms with Crippen molar-refractivity contribution in [2.75, 3.05) is 25.2 Å². The van der Waals surface area contributed by atoms with E-state index in [2.05, 4.69) is 6.26 Å². The quantitative estimate of drug-likeness (QED) is 0.435. The Labute approximate surface area is 80.0 Å². The fourth-order valence-corrected chi connectivity index (χ4v) is 1.44. The lowest BCUT2D eigenvalue weighted by molar-refractivity contribution is -0.139. The van der Waals surface area contributed by atoms with E-state index in [1.807, 2.05) is 25.6 Å². The van der Waals surface area contributed by atoms with Gasteiger partial charge in [0.2, 0.25) is 0 Å². The first-order valence-corrected chi connectivity index (χ1v) is 5.96. The SMILES string of the molecule is CCOC(CCCSC)OCC. The normalized spacial score (nSPS) is 11.0. The van der Waals surface area contributed by atoms with E-state index >= 15 is 0 Å². The fraction of sp³-hybridized carbons (Fsp3) is 1.00. The maximum atomic E-state index is 5.40. The molecular weight excluding hydrogens is 172 g/mol. The van der Waals surface area contributed by atoms with Crippen LogP contribution in [0.15, 0.2) is 0 Å². The number of thioether (sulfide) groups is 1. The Morgan fingerprint density at radius 1 is 1.17 bits per heavy atom. The van der Waals surface area contributed by atoms with E-state index in [1.54, 1.807) is 0 Å². The van der Waals surface area contributed by atoms with E-state index in [4.69, 9.17) is 9.47 Å². The standard InChI is InChI=1S/C9H20O2S/c1-4-10-9(11-5-2)7-6-8-12-3/h9H,4-8H2,1-3H3.